The molecule has 0 atom stereocenters. The van der Waals surface area contributed by atoms with Crippen molar-refractivity contribution >= 4 is 53.1 Å². The van der Waals surface area contributed by atoms with Crippen LogP contribution in [0.1, 0.15) is 39.2 Å². The van der Waals surface area contributed by atoms with Gasteiger partial charge in [-0.3, -0.25) is 19.5 Å². The summed E-state index contributed by atoms with van der Waals surface area (Å²) in [6.45, 7) is 4.31. The zero-order valence-electron chi connectivity index (χ0n) is 24.5. The number of carbonyl (C=O) groups excluding carboxylic acids is 2. The molecule has 234 valence electrons. The summed E-state index contributed by atoms with van der Waals surface area (Å²) in [5.41, 5.74) is 5.35. The normalized spacial score (nSPS) is 14.1. The lowest BCUT2D eigenvalue weighted by molar-refractivity contribution is -0.133. The highest BCUT2D eigenvalue weighted by atomic mass is 35.5. The van der Waals surface area contributed by atoms with Crippen LogP contribution < -0.4 is 14.8 Å². The van der Waals surface area contributed by atoms with Crippen LogP contribution in [-0.4, -0.2) is 59.6 Å². The first-order valence-electron chi connectivity index (χ1n) is 14.6. The minimum absolute atomic E-state index is 0. The van der Waals surface area contributed by atoms with E-state index in [1.807, 2.05) is 29.2 Å². The summed E-state index contributed by atoms with van der Waals surface area (Å²) in [5, 5.41) is 3.55. The second-order valence-corrected chi connectivity index (χ2v) is 11.8. The molecule has 8 nitrogen and oxygen atoms in total. The van der Waals surface area contributed by atoms with Gasteiger partial charge in [-0.1, -0.05) is 53.5 Å². The largest absolute Gasteiger partial charge is 0.454 e. The van der Waals surface area contributed by atoms with Gasteiger partial charge in [0.2, 0.25) is 12.7 Å². The Morgan fingerprint density at radius 2 is 1.53 bits per heavy atom. The van der Waals surface area contributed by atoms with Gasteiger partial charge in [0.05, 0.1) is 21.9 Å². The Balaban J connectivity index is 0.00000400. The Morgan fingerprint density at radius 3 is 2.27 bits per heavy atom. The third-order valence-electron chi connectivity index (χ3n) is 7.87. The number of nitrogens with zero attached hydrogens (tertiary/aromatic N) is 3. The van der Waals surface area contributed by atoms with E-state index in [1.54, 1.807) is 18.3 Å². The summed E-state index contributed by atoms with van der Waals surface area (Å²) in [6.07, 6.45) is 3.51. The highest BCUT2D eigenvalue weighted by molar-refractivity contribution is 6.42. The first-order chi connectivity index (χ1) is 21.4. The van der Waals surface area contributed by atoms with Gasteiger partial charge in [-0.25, -0.2) is 0 Å². The minimum Gasteiger partial charge on any atom is -0.454 e. The molecule has 2 aliphatic heterocycles. The molecule has 3 heterocycles. The average molecular weight is 668 g/mol. The molecule has 0 unspecified atom stereocenters. The maximum Gasteiger partial charge on any atom is 0.255 e. The number of nitrogens with one attached hydrogen (secondary N) is 1. The molecular weight excluding hydrogens is 635 g/mol. The number of aryl methyl sites for hydroxylation is 1. The summed E-state index contributed by atoms with van der Waals surface area (Å²) < 4.78 is 10.9. The Kier molecular flexibility index (Phi) is 10.8. The maximum absolute atomic E-state index is 12.9. The quantitative estimate of drug-likeness (QED) is 0.215. The Morgan fingerprint density at radius 1 is 0.800 bits per heavy atom. The second kappa shape index (κ2) is 15.0. The molecule has 0 radical (unpaired) electrons. The molecular formula is C34H33Cl3N4O4. The van der Waals surface area contributed by atoms with Gasteiger partial charge in [0.25, 0.3) is 5.91 Å². The predicted molar refractivity (Wildman–Crippen MR) is 178 cm³/mol. The summed E-state index contributed by atoms with van der Waals surface area (Å²) in [4.78, 5) is 34.3. The molecule has 3 aromatic carbocycles. The molecule has 2 aliphatic rings. The van der Waals surface area contributed by atoms with Gasteiger partial charge in [0, 0.05) is 56.8 Å². The van der Waals surface area contributed by atoms with Crippen LogP contribution >= 0.6 is 35.6 Å². The maximum atomic E-state index is 12.9. The van der Waals surface area contributed by atoms with Crippen LogP contribution in [0.5, 0.6) is 11.5 Å². The molecule has 6 rings (SSSR count). The van der Waals surface area contributed by atoms with E-state index in [1.165, 1.54) is 11.6 Å². The number of fused-ring (bicyclic) bond motifs is 1. The van der Waals surface area contributed by atoms with Crippen LogP contribution in [0, 0.1) is 0 Å². The third kappa shape index (κ3) is 8.47. The van der Waals surface area contributed by atoms with Crippen molar-refractivity contribution in [1.82, 2.24) is 14.8 Å². The van der Waals surface area contributed by atoms with Gasteiger partial charge >= 0.3 is 0 Å². The molecule has 1 saturated heterocycles. The standard InChI is InChI=1S/C34H32Cl2N4O4.ClH/c35-29-10-7-26(19-30(29)36)34(42)38-28-9-8-27(37-20-28)17-24-3-1-23(2-4-24)6-12-33(41)40-15-13-39(14-16-40)21-25-5-11-31-32(18-25)44-22-43-31;/h1-5,7-11,18-20H,6,12-17,21-22H2,(H,38,42);1H. The van der Waals surface area contributed by atoms with E-state index >= 15 is 0 Å². The molecule has 1 N–H and O–H groups in total. The van der Waals surface area contributed by atoms with Gasteiger partial charge in [-0.15, -0.1) is 12.4 Å². The molecule has 0 bridgehead atoms. The van der Waals surface area contributed by atoms with Gasteiger partial charge in [0.15, 0.2) is 11.5 Å². The summed E-state index contributed by atoms with van der Waals surface area (Å²) in [6, 6.07) is 22.9. The minimum atomic E-state index is -0.285. The van der Waals surface area contributed by atoms with E-state index in [2.05, 4.69) is 45.5 Å². The number of ether oxygens (including phenoxy) is 2. The number of aromatic nitrogens is 1. The van der Waals surface area contributed by atoms with Crippen LogP contribution in [0.2, 0.25) is 10.0 Å². The fraction of sp³-hybridized carbons (Fsp3) is 0.265. The number of pyridine rings is 1. The lowest BCUT2D eigenvalue weighted by Gasteiger charge is -2.35. The van der Waals surface area contributed by atoms with Crippen LogP contribution in [0.4, 0.5) is 5.69 Å². The van der Waals surface area contributed by atoms with Gasteiger partial charge in [0.1, 0.15) is 0 Å². The molecule has 45 heavy (non-hydrogen) atoms. The van der Waals surface area contributed by atoms with Gasteiger partial charge < -0.3 is 19.7 Å². The molecule has 11 heteroatoms. The van der Waals surface area contributed by atoms with E-state index in [0.29, 0.717) is 40.6 Å². The van der Waals surface area contributed by atoms with E-state index in [9.17, 15) is 9.59 Å². The van der Waals surface area contributed by atoms with Crippen molar-refractivity contribution < 1.29 is 19.1 Å². The Bertz CT molecular complexity index is 1640. The first-order valence-corrected chi connectivity index (χ1v) is 15.3. The van der Waals surface area contributed by atoms with Gasteiger partial charge in [-0.05, 0) is 65.6 Å². The van der Waals surface area contributed by atoms with Crippen molar-refractivity contribution in [2.45, 2.75) is 25.8 Å². The zero-order valence-corrected chi connectivity index (χ0v) is 26.8. The lowest BCUT2D eigenvalue weighted by atomic mass is 10.0. The summed E-state index contributed by atoms with van der Waals surface area (Å²) >= 11 is 12.0. The number of benzene rings is 3. The first kappa shape index (κ1) is 32.6. The highest BCUT2D eigenvalue weighted by Gasteiger charge is 2.22. The van der Waals surface area contributed by atoms with Crippen molar-refractivity contribution in [3.63, 3.8) is 0 Å². The van der Waals surface area contributed by atoms with Crippen molar-refractivity contribution in [3.05, 3.63) is 117 Å². The second-order valence-electron chi connectivity index (χ2n) is 11.0. The van der Waals surface area contributed by atoms with Crippen LogP contribution in [0.25, 0.3) is 0 Å². The molecule has 2 amide bonds. The van der Waals surface area contributed by atoms with E-state index in [4.69, 9.17) is 32.7 Å². The van der Waals surface area contributed by atoms with Gasteiger partial charge in [-0.2, -0.15) is 0 Å². The van der Waals surface area contributed by atoms with Crippen molar-refractivity contribution in [2.75, 3.05) is 38.3 Å². The third-order valence-corrected chi connectivity index (χ3v) is 8.61. The number of rotatable bonds is 9. The smallest absolute Gasteiger partial charge is 0.255 e. The highest BCUT2D eigenvalue weighted by Crippen LogP contribution is 2.33. The average Bonchev–Trinajstić information content (AvgIpc) is 3.51. The van der Waals surface area contributed by atoms with Crippen molar-refractivity contribution in [1.29, 1.82) is 0 Å². The van der Waals surface area contributed by atoms with E-state index in [-0.39, 0.29) is 31.0 Å². The lowest BCUT2D eigenvalue weighted by Crippen LogP contribution is -2.48. The van der Waals surface area contributed by atoms with E-state index < -0.39 is 0 Å². The predicted octanol–water partition coefficient (Wildman–Crippen LogP) is 6.66. The number of anilines is 1. The topological polar surface area (TPSA) is 84.0 Å². The van der Waals surface area contributed by atoms with Crippen molar-refractivity contribution in [3.8, 4) is 11.5 Å². The molecule has 0 aliphatic carbocycles. The summed E-state index contributed by atoms with van der Waals surface area (Å²) in [5.74, 6) is 1.52. The van der Waals surface area contributed by atoms with E-state index in [0.717, 1.165) is 61.0 Å². The molecule has 4 aromatic rings. The molecule has 1 aromatic heterocycles. The summed E-state index contributed by atoms with van der Waals surface area (Å²) in [7, 11) is 0. The number of halogens is 3. The van der Waals surface area contributed by atoms with Crippen molar-refractivity contribution in [2.24, 2.45) is 0 Å². The van der Waals surface area contributed by atoms with Crippen LogP contribution in [0.15, 0.2) is 79.0 Å². The molecule has 0 spiro atoms. The fourth-order valence-corrected chi connectivity index (χ4v) is 5.64. The zero-order chi connectivity index (χ0) is 30.5. The number of hydrogen-bond acceptors (Lipinski definition) is 6. The fourth-order valence-electron chi connectivity index (χ4n) is 5.34. The number of amides is 2. The van der Waals surface area contributed by atoms with Crippen LogP contribution in [0.3, 0.4) is 0 Å². The number of hydrogen-bond donors (Lipinski definition) is 1. The SMILES string of the molecule is Cl.O=C(Nc1ccc(Cc2ccc(CCC(=O)N3CCN(Cc4ccc5c(c4)OCO5)CC3)cc2)nc1)c1ccc(Cl)c(Cl)c1. The Labute approximate surface area is 278 Å². The Hall–Kier alpha value is -3.82. The molecule has 0 saturated carbocycles. The number of carbonyl (C=O) groups is 2. The monoisotopic (exact) mass is 666 g/mol. The van der Waals surface area contributed by atoms with Crippen LogP contribution in [-0.2, 0) is 24.2 Å². The molecule has 1 fully saturated rings. The number of piperazine rings is 1.